The fourth-order valence-corrected chi connectivity index (χ4v) is 2.18. The predicted molar refractivity (Wildman–Crippen MR) is 80.0 cm³/mol. The van der Waals surface area contributed by atoms with Crippen LogP contribution < -0.4 is 5.32 Å². The molecule has 0 amide bonds. The molecular weight excluding hydrogens is 234 g/mol. The van der Waals surface area contributed by atoms with Gasteiger partial charge < -0.3 is 10.2 Å². The molecule has 1 atom stereocenters. The highest BCUT2D eigenvalue weighted by molar-refractivity contribution is 5.62. The summed E-state index contributed by atoms with van der Waals surface area (Å²) in [6, 6.07) is 13.2. The van der Waals surface area contributed by atoms with Crippen LogP contribution in [0.25, 0.3) is 11.1 Å². The van der Waals surface area contributed by atoms with E-state index in [9.17, 15) is 0 Å². The van der Waals surface area contributed by atoms with Crippen LogP contribution in [0.5, 0.6) is 0 Å². The van der Waals surface area contributed by atoms with Gasteiger partial charge in [-0.15, -0.1) is 0 Å². The van der Waals surface area contributed by atoms with Gasteiger partial charge >= 0.3 is 0 Å². The lowest BCUT2D eigenvalue weighted by Crippen LogP contribution is -2.28. The summed E-state index contributed by atoms with van der Waals surface area (Å²) < 4.78 is 0. The van der Waals surface area contributed by atoms with Crippen LogP contribution in [0, 0.1) is 0 Å². The molecule has 2 rings (SSSR count). The fraction of sp³-hybridized carbons (Fsp3) is 0.312. The zero-order valence-corrected chi connectivity index (χ0v) is 11.8. The molecule has 0 radical (unpaired) electrons. The van der Waals surface area contributed by atoms with Crippen molar-refractivity contribution >= 4 is 0 Å². The van der Waals surface area contributed by atoms with Crippen molar-refractivity contribution in [3.63, 3.8) is 0 Å². The molecule has 0 bridgehead atoms. The molecule has 1 heterocycles. The van der Waals surface area contributed by atoms with Crippen LogP contribution in [-0.4, -0.2) is 37.6 Å². The van der Waals surface area contributed by atoms with Crippen LogP contribution in [-0.2, 0) is 0 Å². The van der Waals surface area contributed by atoms with Gasteiger partial charge in [-0.25, -0.2) is 0 Å². The molecule has 1 aromatic carbocycles. The first-order valence-corrected chi connectivity index (χ1v) is 6.53. The van der Waals surface area contributed by atoms with Crippen LogP contribution in [0.4, 0.5) is 0 Å². The van der Waals surface area contributed by atoms with E-state index < -0.39 is 0 Å². The Balaban J connectivity index is 2.18. The van der Waals surface area contributed by atoms with Crippen molar-refractivity contribution in [1.82, 2.24) is 15.2 Å². The normalized spacial score (nSPS) is 12.6. The van der Waals surface area contributed by atoms with E-state index in [-0.39, 0.29) is 0 Å². The Hall–Kier alpha value is -1.71. The number of hydrogen-bond acceptors (Lipinski definition) is 3. The molecule has 0 spiro atoms. The van der Waals surface area contributed by atoms with E-state index in [2.05, 4.69) is 53.6 Å². The van der Waals surface area contributed by atoms with E-state index in [1.165, 1.54) is 16.7 Å². The molecule has 1 aromatic heterocycles. The van der Waals surface area contributed by atoms with Crippen LogP contribution in [0.2, 0.25) is 0 Å². The summed E-state index contributed by atoms with van der Waals surface area (Å²) in [5.41, 5.74) is 3.75. The second-order valence-corrected chi connectivity index (χ2v) is 4.96. The van der Waals surface area contributed by atoms with E-state index in [0.29, 0.717) is 6.04 Å². The van der Waals surface area contributed by atoms with Crippen molar-refractivity contribution in [3.05, 3.63) is 54.4 Å². The first-order valence-electron chi connectivity index (χ1n) is 6.53. The zero-order chi connectivity index (χ0) is 13.7. The zero-order valence-electron chi connectivity index (χ0n) is 11.8. The first kappa shape index (κ1) is 13.7. The molecule has 1 unspecified atom stereocenters. The minimum Gasteiger partial charge on any atom is -0.312 e. The number of nitrogens with one attached hydrogen (secondary N) is 1. The standard InChI is InChI=1S/C16H21N3/c1-17-16(12-19(2)3)15-6-4-13(5-7-15)14-8-10-18-11-9-14/h4-11,16-17H,12H2,1-3H3. The average Bonchev–Trinajstić information content (AvgIpc) is 2.46. The number of likely N-dealkylation sites (N-methyl/N-ethyl adjacent to an activating group) is 2. The maximum atomic E-state index is 4.05. The lowest BCUT2D eigenvalue weighted by atomic mass is 10.0. The quantitative estimate of drug-likeness (QED) is 0.890. The largest absolute Gasteiger partial charge is 0.312 e. The van der Waals surface area contributed by atoms with Crippen LogP contribution >= 0.6 is 0 Å². The van der Waals surface area contributed by atoms with Gasteiger partial charge in [-0.2, -0.15) is 0 Å². The number of pyridine rings is 1. The number of aromatic nitrogens is 1. The van der Waals surface area contributed by atoms with Gasteiger partial charge in [-0.1, -0.05) is 24.3 Å². The number of benzene rings is 1. The SMILES string of the molecule is CNC(CN(C)C)c1ccc(-c2ccncc2)cc1. The molecule has 1 N–H and O–H groups in total. The third kappa shape index (κ3) is 3.63. The minimum atomic E-state index is 0.362. The lowest BCUT2D eigenvalue weighted by molar-refractivity contribution is 0.353. The van der Waals surface area contributed by atoms with Crippen molar-refractivity contribution in [3.8, 4) is 11.1 Å². The molecule has 3 nitrogen and oxygen atoms in total. The first-order chi connectivity index (χ1) is 9.20. The van der Waals surface area contributed by atoms with Gasteiger partial charge in [0, 0.05) is 25.0 Å². The number of hydrogen-bond donors (Lipinski definition) is 1. The topological polar surface area (TPSA) is 28.2 Å². The van der Waals surface area contributed by atoms with Gasteiger partial charge in [0.25, 0.3) is 0 Å². The fourth-order valence-electron chi connectivity index (χ4n) is 2.18. The molecule has 0 fully saturated rings. The van der Waals surface area contributed by atoms with Gasteiger partial charge in [0.15, 0.2) is 0 Å². The third-order valence-electron chi connectivity index (χ3n) is 3.22. The molecule has 0 saturated heterocycles. The van der Waals surface area contributed by atoms with E-state index >= 15 is 0 Å². The summed E-state index contributed by atoms with van der Waals surface area (Å²) in [6.07, 6.45) is 3.65. The molecule has 19 heavy (non-hydrogen) atoms. The van der Waals surface area contributed by atoms with E-state index in [1.54, 1.807) is 0 Å². The van der Waals surface area contributed by atoms with Crippen molar-refractivity contribution in [2.24, 2.45) is 0 Å². The summed E-state index contributed by atoms with van der Waals surface area (Å²) >= 11 is 0. The van der Waals surface area contributed by atoms with Gasteiger partial charge in [-0.05, 0) is 50.0 Å². The van der Waals surface area contributed by atoms with Crippen LogP contribution in [0.3, 0.4) is 0 Å². The highest BCUT2D eigenvalue weighted by atomic mass is 15.1. The van der Waals surface area contributed by atoms with Crippen LogP contribution in [0.1, 0.15) is 11.6 Å². The summed E-state index contributed by atoms with van der Waals surface area (Å²) in [4.78, 5) is 6.24. The predicted octanol–water partition coefficient (Wildman–Crippen LogP) is 2.57. The minimum absolute atomic E-state index is 0.362. The maximum absolute atomic E-state index is 4.05. The van der Waals surface area contributed by atoms with Crippen molar-refractivity contribution in [2.45, 2.75) is 6.04 Å². The molecule has 2 aromatic rings. The van der Waals surface area contributed by atoms with Crippen molar-refractivity contribution < 1.29 is 0 Å². The molecule has 0 aliphatic heterocycles. The molecule has 0 aliphatic rings. The summed E-state index contributed by atoms with van der Waals surface area (Å²) in [5, 5.41) is 3.36. The van der Waals surface area contributed by atoms with Gasteiger partial charge in [0.05, 0.1) is 0 Å². The summed E-state index contributed by atoms with van der Waals surface area (Å²) in [7, 11) is 6.19. The Morgan fingerprint density at radius 1 is 1.00 bits per heavy atom. The Morgan fingerprint density at radius 3 is 2.11 bits per heavy atom. The molecule has 3 heteroatoms. The Morgan fingerprint density at radius 2 is 1.58 bits per heavy atom. The lowest BCUT2D eigenvalue weighted by Gasteiger charge is -2.21. The summed E-state index contributed by atoms with van der Waals surface area (Å²) in [5.74, 6) is 0. The van der Waals surface area contributed by atoms with Gasteiger partial charge in [0.1, 0.15) is 0 Å². The Bertz CT molecular complexity index is 491. The number of rotatable bonds is 5. The second-order valence-electron chi connectivity index (χ2n) is 4.96. The molecular formula is C16H21N3. The van der Waals surface area contributed by atoms with Crippen molar-refractivity contribution in [2.75, 3.05) is 27.7 Å². The number of nitrogens with zero attached hydrogens (tertiary/aromatic N) is 2. The Labute approximate surface area is 115 Å². The highest BCUT2D eigenvalue weighted by Crippen LogP contribution is 2.21. The summed E-state index contributed by atoms with van der Waals surface area (Å²) in [6.45, 7) is 0.991. The highest BCUT2D eigenvalue weighted by Gasteiger charge is 2.10. The average molecular weight is 255 g/mol. The van der Waals surface area contributed by atoms with Crippen LogP contribution in [0.15, 0.2) is 48.8 Å². The van der Waals surface area contributed by atoms with E-state index in [0.717, 1.165) is 6.54 Å². The monoisotopic (exact) mass is 255 g/mol. The van der Waals surface area contributed by atoms with E-state index in [4.69, 9.17) is 0 Å². The molecule has 0 aliphatic carbocycles. The van der Waals surface area contributed by atoms with E-state index in [1.807, 2.05) is 31.6 Å². The van der Waals surface area contributed by atoms with Crippen molar-refractivity contribution in [1.29, 1.82) is 0 Å². The van der Waals surface area contributed by atoms with Gasteiger partial charge in [0.2, 0.25) is 0 Å². The third-order valence-corrected chi connectivity index (χ3v) is 3.22. The smallest absolute Gasteiger partial charge is 0.0446 e. The molecule has 100 valence electrons. The maximum Gasteiger partial charge on any atom is 0.0446 e. The Kier molecular flexibility index (Phi) is 4.66. The molecule has 0 saturated carbocycles. The second kappa shape index (κ2) is 6.45. The van der Waals surface area contributed by atoms with Gasteiger partial charge in [-0.3, -0.25) is 4.98 Å².